The molecule has 1 aromatic carbocycles. The van der Waals surface area contributed by atoms with Crippen LogP contribution in [0.1, 0.15) is 33.1 Å². The lowest BCUT2D eigenvalue weighted by Crippen LogP contribution is -2.37. The smallest absolute Gasteiger partial charge is 0.228 e. The minimum atomic E-state index is 0.0139. The first kappa shape index (κ1) is 16.5. The maximum atomic E-state index is 12.1. The third-order valence-corrected chi connectivity index (χ3v) is 3.70. The van der Waals surface area contributed by atoms with E-state index in [0.717, 1.165) is 37.3 Å². The van der Waals surface area contributed by atoms with Crippen molar-refractivity contribution in [3.63, 3.8) is 0 Å². The first-order valence-corrected chi connectivity index (χ1v) is 7.96. The second-order valence-corrected chi connectivity index (χ2v) is 6.26. The van der Waals surface area contributed by atoms with E-state index in [9.17, 15) is 9.59 Å². The zero-order valence-electron chi connectivity index (χ0n) is 13.3. The van der Waals surface area contributed by atoms with E-state index in [-0.39, 0.29) is 17.7 Å². The van der Waals surface area contributed by atoms with Gasteiger partial charge < -0.3 is 16.0 Å². The molecule has 5 nitrogen and oxygen atoms in total. The molecule has 0 radical (unpaired) electrons. The van der Waals surface area contributed by atoms with Gasteiger partial charge in [-0.15, -0.1) is 0 Å². The molecule has 0 aliphatic carbocycles. The van der Waals surface area contributed by atoms with Crippen LogP contribution in [-0.4, -0.2) is 24.9 Å². The Balaban J connectivity index is 1.86. The highest BCUT2D eigenvalue weighted by Crippen LogP contribution is 2.17. The van der Waals surface area contributed by atoms with E-state index in [0.29, 0.717) is 12.3 Å². The SMILES string of the molecule is CC(C)CC(=O)Nc1ccc(NC(=O)[C@@H]2CCCNC2)cc1. The highest BCUT2D eigenvalue weighted by molar-refractivity contribution is 5.94. The van der Waals surface area contributed by atoms with E-state index in [1.165, 1.54) is 0 Å². The lowest BCUT2D eigenvalue weighted by molar-refractivity contribution is -0.120. The third-order valence-electron chi connectivity index (χ3n) is 3.70. The van der Waals surface area contributed by atoms with Crippen molar-refractivity contribution in [3.8, 4) is 0 Å². The Bertz CT molecular complexity index is 505. The summed E-state index contributed by atoms with van der Waals surface area (Å²) < 4.78 is 0. The van der Waals surface area contributed by atoms with Crippen molar-refractivity contribution in [2.75, 3.05) is 23.7 Å². The topological polar surface area (TPSA) is 70.2 Å². The number of anilines is 2. The number of piperidine rings is 1. The zero-order valence-corrected chi connectivity index (χ0v) is 13.3. The molecule has 1 aliphatic heterocycles. The minimum absolute atomic E-state index is 0.0139. The van der Waals surface area contributed by atoms with Crippen molar-refractivity contribution in [2.45, 2.75) is 33.1 Å². The van der Waals surface area contributed by atoms with Gasteiger partial charge in [-0.3, -0.25) is 9.59 Å². The monoisotopic (exact) mass is 303 g/mol. The number of hydrogen-bond donors (Lipinski definition) is 3. The number of nitrogens with one attached hydrogen (secondary N) is 3. The molecule has 120 valence electrons. The average Bonchev–Trinajstić information content (AvgIpc) is 2.49. The van der Waals surface area contributed by atoms with Crippen molar-refractivity contribution in [3.05, 3.63) is 24.3 Å². The fourth-order valence-corrected chi connectivity index (χ4v) is 2.54. The third kappa shape index (κ3) is 5.15. The number of rotatable bonds is 5. The molecule has 0 bridgehead atoms. The highest BCUT2D eigenvalue weighted by atomic mass is 16.2. The number of carbonyl (C=O) groups is 2. The summed E-state index contributed by atoms with van der Waals surface area (Å²) in [6.45, 7) is 5.76. The van der Waals surface area contributed by atoms with Crippen LogP contribution in [0.5, 0.6) is 0 Å². The molecule has 5 heteroatoms. The molecule has 2 rings (SSSR count). The van der Waals surface area contributed by atoms with Gasteiger partial charge in [0.15, 0.2) is 0 Å². The predicted molar refractivity (Wildman–Crippen MR) is 88.8 cm³/mol. The average molecular weight is 303 g/mol. The van der Waals surface area contributed by atoms with Gasteiger partial charge in [0.1, 0.15) is 0 Å². The second-order valence-electron chi connectivity index (χ2n) is 6.26. The summed E-state index contributed by atoms with van der Waals surface area (Å²) in [5.74, 6) is 0.450. The second kappa shape index (κ2) is 7.94. The summed E-state index contributed by atoms with van der Waals surface area (Å²) >= 11 is 0. The standard InChI is InChI=1S/C17H25N3O2/c1-12(2)10-16(21)19-14-5-7-15(8-6-14)20-17(22)13-4-3-9-18-11-13/h5-8,12-13,18H,3-4,9-11H2,1-2H3,(H,19,21)(H,20,22)/t13-/m1/s1. The summed E-state index contributed by atoms with van der Waals surface area (Å²) in [6, 6.07) is 7.26. The van der Waals surface area contributed by atoms with Gasteiger partial charge in [-0.1, -0.05) is 13.8 Å². The van der Waals surface area contributed by atoms with Gasteiger partial charge in [-0.05, 0) is 49.6 Å². The Morgan fingerprint density at radius 3 is 2.36 bits per heavy atom. The molecule has 1 aromatic rings. The van der Waals surface area contributed by atoms with Crippen LogP contribution in [0, 0.1) is 11.8 Å². The van der Waals surface area contributed by atoms with Crippen LogP contribution in [0.3, 0.4) is 0 Å². The van der Waals surface area contributed by atoms with Crippen molar-refractivity contribution < 1.29 is 9.59 Å². The van der Waals surface area contributed by atoms with Crippen molar-refractivity contribution in [1.82, 2.24) is 5.32 Å². The molecule has 1 saturated heterocycles. The quantitative estimate of drug-likeness (QED) is 0.783. The van der Waals surface area contributed by atoms with E-state index in [2.05, 4.69) is 16.0 Å². The lowest BCUT2D eigenvalue weighted by atomic mass is 9.99. The van der Waals surface area contributed by atoms with Gasteiger partial charge in [0, 0.05) is 24.3 Å². The van der Waals surface area contributed by atoms with Gasteiger partial charge in [0.2, 0.25) is 11.8 Å². The molecule has 22 heavy (non-hydrogen) atoms. The van der Waals surface area contributed by atoms with Crippen LogP contribution in [0.2, 0.25) is 0 Å². The largest absolute Gasteiger partial charge is 0.326 e. The fourth-order valence-electron chi connectivity index (χ4n) is 2.54. The summed E-state index contributed by atoms with van der Waals surface area (Å²) in [4.78, 5) is 23.8. The predicted octanol–water partition coefficient (Wildman–Crippen LogP) is 2.61. The zero-order chi connectivity index (χ0) is 15.9. The molecule has 1 aliphatic rings. The van der Waals surface area contributed by atoms with Crippen LogP contribution in [0.15, 0.2) is 24.3 Å². The molecule has 1 atom stereocenters. The molecule has 0 saturated carbocycles. The Hall–Kier alpha value is -1.88. The number of carbonyl (C=O) groups excluding carboxylic acids is 2. The molecule has 2 amide bonds. The first-order chi connectivity index (χ1) is 10.5. The summed E-state index contributed by atoms with van der Waals surface area (Å²) in [7, 11) is 0. The van der Waals surface area contributed by atoms with Crippen LogP contribution in [0.4, 0.5) is 11.4 Å². The Morgan fingerprint density at radius 2 is 1.82 bits per heavy atom. The van der Waals surface area contributed by atoms with Crippen LogP contribution in [0.25, 0.3) is 0 Å². The number of benzene rings is 1. The van der Waals surface area contributed by atoms with Crippen LogP contribution in [-0.2, 0) is 9.59 Å². The molecule has 0 spiro atoms. The van der Waals surface area contributed by atoms with Crippen molar-refractivity contribution in [2.24, 2.45) is 11.8 Å². The van der Waals surface area contributed by atoms with E-state index < -0.39 is 0 Å². The maximum absolute atomic E-state index is 12.1. The maximum Gasteiger partial charge on any atom is 0.228 e. The molecule has 0 aromatic heterocycles. The summed E-state index contributed by atoms with van der Waals surface area (Å²) in [5, 5.41) is 9.03. The lowest BCUT2D eigenvalue weighted by Gasteiger charge is -2.21. The Labute approximate surface area is 131 Å². The number of hydrogen-bond acceptors (Lipinski definition) is 3. The molecule has 3 N–H and O–H groups in total. The number of amides is 2. The van der Waals surface area contributed by atoms with Gasteiger partial charge in [-0.25, -0.2) is 0 Å². The van der Waals surface area contributed by atoms with Crippen molar-refractivity contribution >= 4 is 23.2 Å². The van der Waals surface area contributed by atoms with Gasteiger partial charge >= 0.3 is 0 Å². The van der Waals surface area contributed by atoms with E-state index >= 15 is 0 Å². The normalized spacial score (nSPS) is 18.0. The molecule has 0 unspecified atom stereocenters. The summed E-state index contributed by atoms with van der Waals surface area (Å²) in [6.07, 6.45) is 2.48. The van der Waals surface area contributed by atoms with E-state index in [4.69, 9.17) is 0 Å². The molecular weight excluding hydrogens is 278 g/mol. The van der Waals surface area contributed by atoms with Gasteiger partial charge in [-0.2, -0.15) is 0 Å². The van der Waals surface area contributed by atoms with Gasteiger partial charge in [0.05, 0.1) is 5.92 Å². The first-order valence-electron chi connectivity index (χ1n) is 7.96. The fraction of sp³-hybridized carbons (Fsp3) is 0.529. The Kier molecular flexibility index (Phi) is 5.95. The molecule has 1 heterocycles. The van der Waals surface area contributed by atoms with Gasteiger partial charge in [0.25, 0.3) is 0 Å². The summed E-state index contributed by atoms with van der Waals surface area (Å²) in [5.41, 5.74) is 1.51. The van der Waals surface area contributed by atoms with E-state index in [1.807, 2.05) is 38.1 Å². The molecule has 1 fully saturated rings. The van der Waals surface area contributed by atoms with Crippen molar-refractivity contribution in [1.29, 1.82) is 0 Å². The minimum Gasteiger partial charge on any atom is -0.326 e. The van der Waals surface area contributed by atoms with E-state index in [1.54, 1.807) is 0 Å². The molecular formula is C17H25N3O2. The van der Waals surface area contributed by atoms with Crippen LogP contribution < -0.4 is 16.0 Å². The Morgan fingerprint density at radius 1 is 1.18 bits per heavy atom. The van der Waals surface area contributed by atoms with Crippen LogP contribution >= 0.6 is 0 Å². The highest BCUT2D eigenvalue weighted by Gasteiger charge is 2.20.